The fraction of sp³-hybridized carbons (Fsp3) is 0.455. The molecule has 2 aliphatic rings. The molecule has 0 radical (unpaired) electrons. The molecule has 1 aromatic carbocycles. The smallest absolute Gasteiger partial charge is 0.416 e. The van der Waals surface area contributed by atoms with Gasteiger partial charge in [-0.05, 0) is 54.5 Å². The lowest BCUT2D eigenvalue weighted by Gasteiger charge is -2.26. The third-order valence-corrected chi connectivity index (χ3v) is 6.15. The van der Waals surface area contributed by atoms with Gasteiger partial charge in [-0.2, -0.15) is 13.2 Å². The molecule has 1 aliphatic carbocycles. The Balaban J connectivity index is 1.32. The molecule has 0 bridgehead atoms. The molecular formula is C22H23F3N2O3. The van der Waals surface area contributed by atoms with Crippen LogP contribution in [-0.4, -0.2) is 51.1 Å². The van der Waals surface area contributed by atoms with Gasteiger partial charge in [-0.1, -0.05) is 12.1 Å². The summed E-state index contributed by atoms with van der Waals surface area (Å²) in [5.74, 6) is 0.402. The highest BCUT2D eigenvalue weighted by molar-refractivity contribution is 5.95. The van der Waals surface area contributed by atoms with Crippen LogP contribution in [0.3, 0.4) is 0 Å². The van der Waals surface area contributed by atoms with Crippen molar-refractivity contribution in [2.24, 2.45) is 11.8 Å². The van der Waals surface area contributed by atoms with Crippen LogP contribution in [0.2, 0.25) is 0 Å². The van der Waals surface area contributed by atoms with Gasteiger partial charge in [0.05, 0.1) is 23.9 Å². The summed E-state index contributed by atoms with van der Waals surface area (Å²) >= 11 is 0. The van der Waals surface area contributed by atoms with Crippen LogP contribution < -0.4 is 0 Å². The Kier molecular flexibility index (Phi) is 5.32. The molecule has 5 nitrogen and oxygen atoms in total. The predicted octanol–water partition coefficient (Wildman–Crippen LogP) is 3.30. The fourth-order valence-electron chi connectivity index (χ4n) is 4.86. The molecule has 4 rings (SSSR count). The normalized spacial score (nSPS) is 26.7. The summed E-state index contributed by atoms with van der Waals surface area (Å²) in [7, 11) is 0. The summed E-state index contributed by atoms with van der Waals surface area (Å²) in [5, 5.41) is 20.3. The molecule has 2 heterocycles. The first-order valence-corrected chi connectivity index (χ1v) is 9.90. The minimum atomic E-state index is -4.36. The van der Waals surface area contributed by atoms with Gasteiger partial charge in [0, 0.05) is 19.5 Å². The number of carbonyl (C=O) groups is 1. The molecule has 1 saturated heterocycles. The summed E-state index contributed by atoms with van der Waals surface area (Å²) < 4.78 is 38.1. The van der Waals surface area contributed by atoms with Crippen molar-refractivity contribution in [3.05, 3.63) is 59.4 Å². The first-order chi connectivity index (χ1) is 14.1. The Morgan fingerprint density at radius 3 is 2.27 bits per heavy atom. The van der Waals surface area contributed by atoms with Crippen molar-refractivity contribution in [2.75, 3.05) is 19.6 Å². The molecule has 2 N–H and O–H groups in total. The number of hydrogen-bond acceptors (Lipinski definition) is 5. The molecule has 0 spiro atoms. The lowest BCUT2D eigenvalue weighted by Crippen LogP contribution is -2.34. The number of fused-ring (bicyclic) bond motifs is 1. The van der Waals surface area contributed by atoms with E-state index in [1.54, 1.807) is 0 Å². The van der Waals surface area contributed by atoms with Crippen molar-refractivity contribution in [1.29, 1.82) is 0 Å². The summed E-state index contributed by atoms with van der Waals surface area (Å²) in [6, 6.07) is 7.91. The molecule has 30 heavy (non-hydrogen) atoms. The number of alkyl halides is 3. The van der Waals surface area contributed by atoms with Crippen molar-refractivity contribution in [3.63, 3.8) is 0 Å². The van der Waals surface area contributed by atoms with E-state index in [-0.39, 0.29) is 29.9 Å². The van der Waals surface area contributed by atoms with Crippen LogP contribution in [0.4, 0.5) is 13.2 Å². The van der Waals surface area contributed by atoms with Gasteiger partial charge in [0.1, 0.15) is 11.4 Å². The number of Topliss-reactive ketones (excluding diaryl/α,β-unsaturated/α-hetero) is 1. The minimum absolute atomic E-state index is 0.00888. The number of aromatic hydroxyl groups is 1. The maximum Gasteiger partial charge on any atom is 0.416 e. The van der Waals surface area contributed by atoms with E-state index < -0.39 is 17.3 Å². The zero-order chi connectivity index (χ0) is 21.5. The largest absolute Gasteiger partial charge is 0.506 e. The predicted molar refractivity (Wildman–Crippen MR) is 103 cm³/mol. The monoisotopic (exact) mass is 420 g/mol. The van der Waals surface area contributed by atoms with Crippen molar-refractivity contribution in [1.82, 2.24) is 9.88 Å². The number of pyridine rings is 1. The van der Waals surface area contributed by atoms with Crippen molar-refractivity contribution >= 4 is 5.78 Å². The lowest BCUT2D eigenvalue weighted by atomic mass is 9.91. The number of ketones is 1. The molecule has 160 valence electrons. The number of aliphatic hydroxyl groups is 1. The van der Waals surface area contributed by atoms with Gasteiger partial charge in [0.2, 0.25) is 0 Å². The average Bonchev–Trinajstić information content (AvgIpc) is 3.15. The Morgan fingerprint density at radius 1 is 1.10 bits per heavy atom. The number of hydrogen-bond donors (Lipinski definition) is 2. The summed E-state index contributed by atoms with van der Waals surface area (Å²) in [4.78, 5) is 18.4. The van der Waals surface area contributed by atoms with Crippen molar-refractivity contribution in [3.8, 4) is 5.75 Å². The molecular weight excluding hydrogens is 397 g/mol. The van der Waals surface area contributed by atoms with E-state index in [1.165, 1.54) is 30.5 Å². The number of carbonyl (C=O) groups excluding carboxylic acids is 1. The Labute approximate surface area is 172 Å². The molecule has 1 saturated carbocycles. The van der Waals surface area contributed by atoms with Gasteiger partial charge in [-0.15, -0.1) is 0 Å². The number of benzene rings is 1. The second-order valence-corrected chi connectivity index (χ2v) is 8.54. The van der Waals surface area contributed by atoms with Crippen LogP contribution >= 0.6 is 0 Å². The van der Waals surface area contributed by atoms with E-state index in [2.05, 4.69) is 9.88 Å². The van der Waals surface area contributed by atoms with Crippen LogP contribution in [0, 0.1) is 11.8 Å². The maximum absolute atomic E-state index is 12.7. The molecule has 8 heteroatoms. The topological polar surface area (TPSA) is 73.7 Å². The van der Waals surface area contributed by atoms with E-state index in [1.807, 2.05) is 0 Å². The quantitative estimate of drug-likeness (QED) is 0.727. The van der Waals surface area contributed by atoms with E-state index >= 15 is 0 Å². The molecule has 2 unspecified atom stereocenters. The highest BCUT2D eigenvalue weighted by atomic mass is 19.4. The van der Waals surface area contributed by atoms with E-state index in [0.29, 0.717) is 43.6 Å². The minimum Gasteiger partial charge on any atom is -0.506 e. The number of halogens is 3. The van der Waals surface area contributed by atoms with Gasteiger partial charge >= 0.3 is 6.18 Å². The second kappa shape index (κ2) is 7.67. The molecule has 0 amide bonds. The van der Waals surface area contributed by atoms with Gasteiger partial charge in [0.25, 0.3) is 0 Å². The van der Waals surface area contributed by atoms with Crippen LogP contribution in [-0.2, 0) is 12.6 Å². The van der Waals surface area contributed by atoms with Crippen molar-refractivity contribution < 1.29 is 28.2 Å². The SMILES string of the molecule is O=C(CN1CC2CC(O)(Cc3ccc(C(F)(F)F)cc3)CC2C1)c1ccc(O)cn1. The second-order valence-electron chi connectivity index (χ2n) is 8.54. The molecule has 1 aromatic heterocycles. The standard InChI is InChI=1S/C22H23F3N2O3/c23-22(24,25)17-3-1-14(2-4-17)7-21(30)8-15-11-27(12-16(15)9-21)13-20(29)19-6-5-18(28)10-26-19/h1-6,10,15-16,28,30H,7-9,11-13H2. The highest BCUT2D eigenvalue weighted by Crippen LogP contribution is 2.45. The number of nitrogens with zero attached hydrogens (tertiary/aromatic N) is 2. The Hall–Kier alpha value is -2.45. The molecule has 2 atom stereocenters. The third kappa shape index (κ3) is 4.49. The first kappa shape index (κ1) is 20.8. The van der Waals surface area contributed by atoms with E-state index in [9.17, 15) is 28.2 Å². The average molecular weight is 420 g/mol. The first-order valence-electron chi connectivity index (χ1n) is 9.90. The van der Waals surface area contributed by atoms with E-state index in [4.69, 9.17) is 0 Å². The Morgan fingerprint density at radius 2 is 1.73 bits per heavy atom. The van der Waals surface area contributed by atoms with Crippen LogP contribution in [0.25, 0.3) is 0 Å². The fourth-order valence-corrected chi connectivity index (χ4v) is 4.86. The number of rotatable bonds is 5. The van der Waals surface area contributed by atoms with E-state index in [0.717, 1.165) is 12.1 Å². The molecule has 1 aliphatic heterocycles. The van der Waals surface area contributed by atoms with Crippen LogP contribution in [0.5, 0.6) is 5.75 Å². The molecule has 2 aromatic rings. The van der Waals surface area contributed by atoms with Crippen LogP contribution in [0.15, 0.2) is 42.6 Å². The summed E-state index contributed by atoms with van der Waals surface area (Å²) in [5.41, 5.74) is -0.617. The third-order valence-electron chi connectivity index (χ3n) is 6.15. The Bertz CT molecular complexity index is 899. The van der Waals surface area contributed by atoms with Gasteiger partial charge in [-0.25, -0.2) is 4.98 Å². The van der Waals surface area contributed by atoms with Gasteiger partial charge in [0.15, 0.2) is 5.78 Å². The summed E-state index contributed by atoms with van der Waals surface area (Å²) in [6.45, 7) is 1.63. The zero-order valence-corrected chi connectivity index (χ0v) is 16.3. The van der Waals surface area contributed by atoms with Gasteiger partial charge in [-0.3, -0.25) is 9.69 Å². The highest BCUT2D eigenvalue weighted by Gasteiger charge is 2.48. The molecule has 2 fully saturated rings. The zero-order valence-electron chi connectivity index (χ0n) is 16.3. The lowest BCUT2D eigenvalue weighted by molar-refractivity contribution is -0.137. The summed E-state index contributed by atoms with van der Waals surface area (Å²) in [6.07, 6.45) is -1.65. The number of likely N-dealkylation sites (tertiary alicyclic amines) is 1. The van der Waals surface area contributed by atoms with Crippen molar-refractivity contribution in [2.45, 2.75) is 31.0 Å². The van der Waals surface area contributed by atoms with Gasteiger partial charge < -0.3 is 10.2 Å². The van der Waals surface area contributed by atoms with Crippen LogP contribution in [0.1, 0.15) is 34.5 Å². The number of aromatic nitrogens is 1. The maximum atomic E-state index is 12.7.